The van der Waals surface area contributed by atoms with Gasteiger partial charge in [0, 0.05) is 21.7 Å². The molecule has 1 heterocycles. The Labute approximate surface area is 217 Å². The lowest BCUT2D eigenvalue weighted by molar-refractivity contribution is 0.0971. The minimum atomic E-state index is -0.334. The van der Waals surface area contributed by atoms with E-state index in [1.807, 2.05) is 94.6 Å². The largest absolute Gasteiger partial charge is 0.507 e. The van der Waals surface area contributed by atoms with Gasteiger partial charge in [-0.25, -0.2) is 0 Å². The molecule has 0 saturated heterocycles. The molecule has 0 spiro atoms. The molecule has 0 bridgehead atoms. The summed E-state index contributed by atoms with van der Waals surface area (Å²) in [5.41, 5.74) is 4.19. The number of Topliss-reactive ketones (excluding diaryl/α,β-unsaturated/α-hetero) is 1. The zero-order valence-electron chi connectivity index (χ0n) is 21.8. The quantitative estimate of drug-likeness (QED) is 0.294. The van der Waals surface area contributed by atoms with E-state index in [1.54, 1.807) is 16.7 Å². The van der Waals surface area contributed by atoms with Crippen molar-refractivity contribution >= 4 is 28.4 Å². The molecule has 0 saturated carbocycles. The molecule has 188 valence electrons. The van der Waals surface area contributed by atoms with Gasteiger partial charge in [0.15, 0.2) is 5.78 Å². The number of hydrogen-bond acceptors (Lipinski definition) is 3. The molecule has 3 aromatic carbocycles. The van der Waals surface area contributed by atoms with Crippen molar-refractivity contribution in [2.75, 3.05) is 0 Å². The van der Waals surface area contributed by atoms with Gasteiger partial charge in [0.2, 0.25) is 5.62 Å². The Hall–Kier alpha value is -3.31. The van der Waals surface area contributed by atoms with Crippen molar-refractivity contribution in [3.05, 3.63) is 93.6 Å². The summed E-state index contributed by atoms with van der Waals surface area (Å²) in [5, 5.41) is 20.6. The van der Waals surface area contributed by atoms with Crippen molar-refractivity contribution in [2.45, 2.75) is 65.5 Å². The number of phenols is 1. The maximum absolute atomic E-state index is 13.7. The van der Waals surface area contributed by atoms with E-state index in [4.69, 9.17) is 17.0 Å². The molecule has 2 N–H and O–H groups in total. The molecule has 4 rings (SSSR count). The van der Waals surface area contributed by atoms with Crippen LogP contribution < -0.4 is 5.62 Å². The predicted molar refractivity (Wildman–Crippen MR) is 146 cm³/mol. The first-order valence-corrected chi connectivity index (χ1v) is 12.5. The van der Waals surface area contributed by atoms with E-state index in [0.717, 1.165) is 27.7 Å². The van der Waals surface area contributed by atoms with E-state index in [0.29, 0.717) is 17.1 Å². The van der Waals surface area contributed by atoms with Crippen LogP contribution in [0.15, 0.2) is 60.7 Å². The lowest BCUT2D eigenvalue weighted by atomic mass is 9.78. The molecule has 1 aromatic heterocycles. The summed E-state index contributed by atoms with van der Waals surface area (Å²) in [6, 6.07) is 19.0. The number of phenolic OH excluding ortho intramolecular Hbond substituents is 1. The molecule has 0 unspecified atom stereocenters. The monoisotopic (exact) mass is 503 g/mol. The summed E-state index contributed by atoms with van der Waals surface area (Å²) >= 11 is 6.41. The van der Waals surface area contributed by atoms with Crippen molar-refractivity contribution in [1.29, 1.82) is 5.41 Å². The van der Waals surface area contributed by atoms with Crippen LogP contribution >= 0.6 is 11.6 Å². The maximum atomic E-state index is 13.7. The van der Waals surface area contributed by atoms with Crippen LogP contribution in [0.25, 0.3) is 11.0 Å². The molecule has 6 heteroatoms. The van der Waals surface area contributed by atoms with Crippen molar-refractivity contribution in [2.24, 2.45) is 0 Å². The van der Waals surface area contributed by atoms with Crippen LogP contribution in [0.2, 0.25) is 5.02 Å². The summed E-state index contributed by atoms with van der Waals surface area (Å²) < 4.78 is 3.62. The normalized spacial score (nSPS) is 12.3. The molecular weight excluding hydrogens is 470 g/mol. The van der Waals surface area contributed by atoms with Crippen LogP contribution in [0, 0.1) is 5.41 Å². The average Bonchev–Trinajstić information content (AvgIpc) is 3.05. The number of para-hydroxylation sites is 2. The number of rotatable bonds is 5. The Morgan fingerprint density at radius 1 is 0.861 bits per heavy atom. The second-order valence-electron chi connectivity index (χ2n) is 11.4. The Balaban J connectivity index is 1.81. The molecule has 0 aliphatic rings. The topological polar surface area (TPSA) is 71.0 Å². The van der Waals surface area contributed by atoms with Crippen molar-refractivity contribution in [3.63, 3.8) is 0 Å². The summed E-state index contributed by atoms with van der Waals surface area (Å²) in [7, 11) is 0. The Morgan fingerprint density at radius 3 is 1.89 bits per heavy atom. The molecule has 36 heavy (non-hydrogen) atoms. The van der Waals surface area contributed by atoms with Crippen molar-refractivity contribution < 1.29 is 9.90 Å². The number of aromatic hydroxyl groups is 1. The second kappa shape index (κ2) is 9.29. The van der Waals surface area contributed by atoms with Gasteiger partial charge in [-0.2, -0.15) is 0 Å². The van der Waals surface area contributed by atoms with Crippen LogP contribution in [-0.2, 0) is 23.9 Å². The SMILES string of the molecule is CC(C)(C)c1cc(C(=O)Cn2c(=N)n(Cc3ccccc3Cl)c3ccccc32)cc(C(C)(C)C)c1O. The number of fused-ring (bicyclic) bond motifs is 1. The van der Waals surface area contributed by atoms with E-state index in [9.17, 15) is 9.90 Å². The molecule has 4 aromatic rings. The third-order valence-electron chi connectivity index (χ3n) is 6.61. The maximum Gasteiger partial charge on any atom is 0.203 e. The fourth-order valence-corrected chi connectivity index (χ4v) is 4.78. The molecule has 0 aliphatic carbocycles. The molecule has 0 aliphatic heterocycles. The first-order chi connectivity index (χ1) is 16.8. The van der Waals surface area contributed by atoms with Gasteiger partial charge in [-0.3, -0.25) is 10.2 Å². The van der Waals surface area contributed by atoms with E-state index < -0.39 is 0 Å². The number of carbonyl (C=O) groups is 1. The molecule has 0 fully saturated rings. The molecule has 0 amide bonds. The third-order valence-corrected chi connectivity index (χ3v) is 6.98. The highest BCUT2D eigenvalue weighted by Gasteiger charge is 2.28. The second-order valence-corrected chi connectivity index (χ2v) is 11.8. The molecule has 0 atom stereocenters. The van der Waals surface area contributed by atoms with Crippen LogP contribution in [0.4, 0.5) is 0 Å². The van der Waals surface area contributed by atoms with Crippen LogP contribution in [0.5, 0.6) is 5.75 Å². The highest BCUT2D eigenvalue weighted by Crippen LogP contribution is 2.40. The summed E-state index contributed by atoms with van der Waals surface area (Å²) in [4.78, 5) is 13.7. The highest BCUT2D eigenvalue weighted by molar-refractivity contribution is 6.31. The van der Waals surface area contributed by atoms with Gasteiger partial charge in [-0.1, -0.05) is 83.5 Å². The fraction of sp³-hybridized carbons (Fsp3) is 0.333. The number of hydrogen-bond donors (Lipinski definition) is 2. The fourth-order valence-electron chi connectivity index (χ4n) is 4.59. The molecular formula is C30H34ClN3O2. The zero-order valence-corrected chi connectivity index (χ0v) is 22.6. The smallest absolute Gasteiger partial charge is 0.203 e. The average molecular weight is 504 g/mol. The van der Waals surface area contributed by atoms with Gasteiger partial charge in [0.25, 0.3) is 0 Å². The Bertz CT molecular complexity index is 1480. The number of benzene rings is 3. The standard InChI is InChI=1S/C30H34ClN3O2/c1-29(2,3)21-15-20(16-22(27(21)36)30(4,5)6)26(35)18-34-25-14-10-9-13-24(25)33(28(34)32)17-19-11-7-8-12-23(19)31/h7-16,32,36H,17-18H2,1-6H3. The molecule has 0 radical (unpaired) electrons. The number of aromatic nitrogens is 2. The Morgan fingerprint density at radius 2 is 1.36 bits per heavy atom. The molecule has 5 nitrogen and oxygen atoms in total. The number of nitrogens with one attached hydrogen (secondary N) is 1. The summed E-state index contributed by atoms with van der Waals surface area (Å²) in [6.45, 7) is 12.6. The van der Waals surface area contributed by atoms with E-state index in [1.165, 1.54) is 0 Å². The van der Waals surface area contributed by atoms with Gasteiger partial charge in [0.1, 0.15) is 5.75 Å². The third kappa shape index (κ3) is 4.85. The predicted octanol–water partition coefficient (Wildman–Crippen LogP) is 6.81. The lowest BCUT2D eigenvalue weighted by Crippen LogP contribution is -2.28. The van der Waals surface area contributed by atoms with Gasteiger partial charge in [-0.05, 0) is 46.7 Å². The summed E-state index contributed by atoms with van der Waals surface area (Å²) in [5.74, 6) is 0.141. The minimum absolute atomic E-state index is 0.0206. The van der Waals surface area contributed by atoms with E-state index in [-0.39, 0.29) is 34.5 Å². The number of ketones is 1. The summed E-state index contributed by atoms with van der Waals surface area (Å²) in [6.07, 6.45) is 0. The van der Waals surface area contributed by atoms with Crippen molar-refractivity contribution in [3.8, 4) is 5.75 Å². The van der Waals surface area contributed by atoms with Gasteiger partial charge < -0.3 is 14.2 Å². The van der Waals surface area contributed by atoms with Crippen LogP contribution in [-0.4, -0.2) is 20.0 Å². The van der Waals surface area contributed by atoms with Crippen molar-refractivity contribution in [1.82, 2.24) is 9.13 Å². The highest BCUT2D eigenvalue weighted by atomic mass is 35.5. The number of nitrogens with zero attached hydrogens (tertiary/aromatic N) is 2. The van der Waals surface area contributed by atoms with Gasteiger partial charge in [-0.15, -0.1) is 0 Å². The van der Waals surface area contributed by atoms with Gasteiger partial charge in [0.05, 0.1) is 24.1 Å². The first kappa shape index (κ1) is 25.8. The Kier molecular flexibility index (Phi) is 6.65. The zero-order chi connectivity index (χ0) is 26.4. The number of carbonyl (C=O) groups excluding carboxylic acids is 1. The van der Waals surface area contributed by atoms with Crippen LogP contribution in [0.1, 0.15) is 68.6 Å². The first-order valence-electron chi connectivity index (χ1n) is 12.2. The number of imidazole rings is 1. The van der Waals surface area contributed by atoms with Gasteiger partial charge >= 0.3 is 0 Å². The van der Waals surface area contributed by atoms with E-state index in [2.05, 4.69) is 0 Å². The van der Waals surface area contributed by atoms with Crippen LogP contribution in [0.3, 0.4) is 0 Å². The minimum Gasteiger partial charge on any atom is -0.507 e. The van der Waals surface area contributed by atoms with E-state index >= 15 is 0 Å². The lowest BCUT2D eigenvalue weighted by Gasteiger charge is -2.28. The number of halogens is 1.